The molecule has 0 saturated heterocycles. The molecule has 0 fully saturated rings. The van der Waals surface area contributed by atoms with E-state index < -0.39 is 0 Å². The first-order valence-corrected chi connectivity index (χ1v) is 23.7. The molecule has 0 heterocycles. The first-order valence-electron chi connectivity index (χ1n) is 23.7. The summed E-state index contributed by atoms with van der Waals surface area (Å²) in [5, 5.41) is 2.62. The molecule has 0 N–H and O–H groups in total. The van der Waals surface area contributed by atoms with Crippen LogP contribution in [0.25, 0.3) is 21.9 Å². The zero-order valence-corrected chi connectivity index (χ0v) is 43.0. The molecule has 0 aliphatic carbocycles. The zero-order valence-electron chi connectivity index (χ0n) is 43.0. The molecular weight excluding hydrogens is 737 g/mol. The van der Waals surface area contributed by atoms with Crippen LogP contribution in [-0.4, -0.2) is 0 Å². The second-order valence-corrected chi connectivity index (χ2v) is 8.96. The van der Waals surface area contributed by atoms with Crippen LogP contribution < -0.4 is 4.74 Å². The van der Waals surface area contributed by atoms with Crippen LogP contribution in [0.4, 0.5) is 0 Å². The van der Waals surface area contributed by atoms with Crippen molar-refractivity contribution in [2.75, 3.05) is 0 Å². The highest BCUT2D eigenvalue weighted by molar-refractivity contribution is 5.82. The Morgan fingerprint density at radius 3 is 0.525 bits per heavy atom. The Bertz CT molecular complexity index is 1450. The Balaban J connectivity index is -0.000000114. The maximum atomic E-state index is 5.58. The van der Waals surface area contributed by atoms with Crippen LogP contribution in [0.2, 0.25) is 0 Å². The van der Waals surface area contributed by atoms with Crippen molar-refractivity contribution in [2.24, 2.45) is 0 Å². The van der Waals surface area contributed by atoms with Gasteiger partial charge in [-0.2, -0.15) is 0 Å². The van der Waals surface area contributed by atoms with Crippen LogP contribution in [0.5, 0.6) is 11.5 Å². The monoisotopic (exact) mass is 831 g/mol. The molecule has 0 atom stereocenters. The van der Waals surface area contributed by atoms with Gasteiger partial charge in [-0.05, 0) is 46.2 Å². The molecule has 7 aromatic carbocycles. The van der Waals surface area contributed by atoms with Gasteiger partial charge in [0.2, 0.25) is 0 Å². The molecule has 0 aliphatic heterocycles. The minimum atomic E-state index is 0.869. The summed E-state index contributed by atoms with van der Waals surface area (Å²) in [4.78, 5) is 0. The number of rotatable bonds is 3. The van der Waals surface area contributed by atoms with Gasteiger partial charge < -0.3 is 4.74 Å². The Morgan fingerprint density at radius 2 is 0.328 bits per heavy atom. The summed E-state index contributed by atoms with van der Waals surface area (Å²) in [5.41, 5.74) is 2.55. The topological polar surface area (TPSA) is 9.23 Å². The van der Waals surface area contributed by atoms with Gasteiger partial charge in [0.15, 0.2) is 0 Å². The summed E-state index contributed by atoms with van der Waals surface area (Å²) in [6.07, 6.45) is 0. The third-order valence-electron chi connectivity index (χ3n) is 5.93. The fourth-order valence-corrected chi connectivity index (χ4v) is 3.89. The van der Waals surface area contributed by atoms with Crippen molar-refractivity contribution >= 4 is 10.8 Å². The summed E-state index contributed by atoms with van der Waals surface area (Å²) in [6.45, 7) is 40.0. The van der Waals surface area contributed by atoms with Crippen LogP contribution in [0.3, 0.4) is 0 Å². The van der Waals surface area contributed by atoms with Gasteiger partial charge in [-0.3, -0.25) is 0 Å². The van der Waals surface area contributed by atoms with Gasteiger partial charge in [0.25, 0.3) is 0 Å². The average Bonchev–Trinajstić information content (AvgIpc) is 3.42. The van der Waals surface area contributed by atoms with Crippen molar-refractivity contribution in [3.63, 3.8) is 0 Å². The van der Waals surface area contributed by atoms with Gasteiger partial charge in [0.05, 0.1) is 0 Å². The van der Waals surface area contributed by atoms with E-state index in [2.05, 4.69) is 97.1 Å². The molecule has 0 amide bonds. The van der Waals surface area contributed by atoms with Gasteiger partial charge in [0, 0.05) is 0 Å². The molecule has 0 aliphatic rings. The second kappa shape index (κ2) is 69.2. The van der Waals surface area contributed by atoms with Crippen LogP contribution >= 0.6 is 0 Å². The SMILES string of the molecule is CC.CC.CC.CC.CC.CC.CC.CC.CC.CC.c1ccc(-c2ccccc2)cc1.c1ccc(Oc2ccccc2)cc1.c1ccc2ccccc2c1.c1ccccc1. The van der Waals surface area contributed by atoms with Crippen LogP contribution in [0.15, 0.2) is 206 Å². The van der Waals surface area contributed by atoms with Gasteiger partial charge in [-0.25, -0.2) is 0 Å². The third kappa shape index (κ3) is 44.0. The van der Waals surface area contributed by atoms with Crippen molar-refractivity contribution in [2.45, 2.75) is 138 Å². The first-order chi connectivity index (χ1) is 30.4. The summed E-state index contributed by atoms with van der Waals surface area (Å²) >= 11 is 0. The second-order valence-electron chi connectivity index (χ2n) is 8.96. The van der Waals surface area contributed by atoms with Crippen LogP contribution in [0, 0.1) is 0 Å². The standard InChI is InChI=1S/C12H10O.C12H10.C10H8.C6H6.10C2H6/c1-3-7-11(8-4-1)13-12-9-5-2-6-10-12;1-3-7-11(8-4-1)12-9-5-2-6-10-12;1-2-6-10-8-4-3-7-9(10)5-1;1-2-4-6-5-3-1;10*1-2/h1-10H;1-10H;1-8H;1-6H;10*1-2H3. The molecule has 1 heteroatoms. The van der Waals surface area contributed by atoms with Crippen LogP contribution in [0.1, 0.15) is 138 Å². The van der Waals surface area contributed by atoms with E-state index in [9.17, 15) is 0 Å². The molecule has 0 bridgehead atoms. The molecule has 0 unspecified atom stereocenters. The maximum Gasteiger partial charge on any atom is 0.127 e. The fourth-order valence-electron chi connectivity index (χ4n) is 3.89. The molecule has 1 nitrogen and oxygen atoms in total. The minimum absolute atomic E-state index is 0.869. The summed E-state index contributed by atoms with van der Waals surface area (Å²) in [5.74, 6) is 1.74. The van der Waals surface area contributed by atoms with Gasteiger partial charge in [-0.1, -0.05) is 320 Å². The lowest BCUT2D eigenvalue weighted by molar-refractivity contribution is 0.482. The molecule has 0 aromatic heterocycles. The van der Waals surface area contributed by atoms with E-state index in [1.807, 2.05) is 248 Å². The van der Waals surface area contributed by atoms with Crippen molar-refractivity contribution in [1.29, 1.82) is 0 Å². The van der Waals surface area contributed by atoms with E-state index in [0.29, 0.717) is 0 Å². The highest BCUT2D eigenvalue weighted by Crippen LogP contribution is 2.20. The quantitative estimate of drug-likeness (QED) is 0.172. The minimum Gasteiger partial charge on any atom is -0.457 e. The lowest BCUT2D eigenvalue weighted by Gasteiger charge is -2.03. The summed E-state index contributed by atoms with van der Waals surface area (Å²) in [7, 11) is 0. The Kier molecular flexibility index (Phi) is 79.6. The predicted octanol–water partition coefficient (Wildman–Crippen LogP) is 21.6. The van der Waals surface area contributed by atoms with Crippen molar-refractivity contribution < 1.29 is 4.74 Å². The number of para-hydroxylation sites is 2. The molecular formula is C60H94O. The summed E-state index contributed by atoms with van der Waals surface area (Å²) < 4.78 is 5.58. The average molecular weight is 831 g/mol. The van der Waals surface area contributed by atoms with E-state index >= 15 is 0 Å². The Morgan fingerprint density at radius 1 is 0.180 bits per heavy atom. The Hall–Kier alpha value is -5.40. The van der Waals surface area contributed by atoms with Crippen molar-refractivity contribution in [3.8, 4) is 22.6 Å². The number of ether oxygens (including phenoxy) is 1. The maximum absolute atomic E-state index is 5.58. The molecule has 61 heavy (non-hydrogen) atoms. The van der Waals surface area contributed by atoms with E-state index in [1.165, 1.54) is 21.9 Å². The molecule has 340 valence electrons. The molecule has 7 rings (SSSR count). The predicted molar refractivity (Wildman–Crippen MR) is 289 cm³/mol. The van der Waals surface area contributed by atoms with E-state index in [0.717, 1.165) is 11.5 Å². The van der Waals surface area contributed by atoms with E-state index in [1.54, 1.807) is 0 Å². The Labute approximate surface area is 381 Å². The summed E-state index contributed by atoms with van der Waals surface area (Å²) in [6, 6.07) is 69.0. The van der Waals surface area contributed by atoms with Gasteiger partial charge in [0.1, 0.15) is 11.5 Å². The smallest absolute Gasteiger partial charge is 0.127 e. The molecule has 0 radical (unpaired) electrons. The number of fused-ring (bicyclic) bond motifs is 1. The highest BCUT2D eigenvalue weighted by atomic mass is 16.5. The number of hydrogen-bond acceptors (Lipinski definition) is 1. The molecule has 0 saturated carbocycles. The van der Waals surface area contributed by atoms with Crippen LogP contribution in [-0.2, 0) is 0 Å². The lowest BCUT2D eigenvalue weighted by Crippen LogP contribution is -1.81. The van der Waals surface area contributed by atoms with E-state index in [4.69, 9.17) is 4.74 Å². The lowest BCUT2D eigenvalue weighted by atomic mass is 10.1. The van der Waals surface area contributed by atoms with Crippen molar-refractivity contribution in [1.82, 2.24) is 0 Å². The fraction of sp³-hybridized carbons (Fsp3) is 0.333. The normalized spacial score (nSPS) is 7.34. The van der Waals surface area contributed by atoms with Gasteiger partial charge in [-0.15, -0.1) is 0 Å². The number of hydrogen-bond donors (Lipinski definition) is 0. The molecule has 0 spiro atoms. The molecule has 7 aromatic rings. The third-order valence-corrected chi connectivity index (χ3v) is 5.93. The number of benzene rings is 7. The highest BCUT2D eigenvalue weighted by Gasteiger charge is 1.93. The zero-order chi connectivity index (χ0) is 48.2. The van der Waals surface area contributed by atoms with Gasteiger partial charge >= 0.3 is 0 Å². The van der Waals surface area contributed by atoms with E-state index in [-0.39, 0.29) is 0 Å². The van der Waals surface area contributed by atoms with Crippen molar-refractivity contribution in [3.05, 3.63) is 206 Å². The first kappa shape index (κ1) is 70.2. The largest absolute Gasteiger partial charge is 0.457 e.